The largest absolute Gasteiger partial charge is 0.375 e. The minimum Gasteiger partial charge on any atom is -0.375 e. The molecule has 0 unspecified atom stereocenters. The van der Waals surface area contributed by atoms with E-state index >= 15 is 0 Å². The Morgan fingerprint density at radius 3 is 2.53 bits per heavy atom. The van der Waals surface area contributed by atoms with Gasteiger partial charge in [0.2, 0.25) is 0 Å². The molecule has 0 bridgehead atoms. The van der Waals surface area contributed by atoms with Crippen LogP contribution in [0.2, 0.25) is 5.02 Å². The Labute approximate surface area is 120 Å². The summed E-state index contributed by atoms with van der Waals surface area (Å²) in [4.78, 5) is 6.36. The molecule has 0 aliphatic rings. The number of nitrogens with zero attached hydrogens (tertiary/aromatic N) is 2. The zero-order chi connectivity index (χ0) is 13.4. The van der Waals surface area contributed by atoms with Crippen LogP contribution in [-0.4, -0.2) is 12.0 Å². The highest BCUT2D eigenvalue weighted by molar-refractivity contribution is 7.22. The molecule has 2 aromatic carbocycles. The third-order valence-electron chi connectivity index (χ3n) is 2.99. The topological polar surface area (TPSA) is 42.2 Å². The average Bonchev–Trinajstić information content (AvgIpc) is 2.77. The standard InChI is InChI=1S/C14H12ClN3S/c1-18(10-4-2-9(15)3-5-10)11-6-7-12-13(8-11)19-14(16)17-12/h2-8H,1H3,(H2,16,17). The maximum absolute atomic E-state index is 5.90. The van der Waals surface area contributed by atoms with Crippen molar-refractivity contribution in [3.05, 3.63) is 47.5 Å². The van der Waals surface area contributed by atoms with Crippen molar-refractivity contribution in [2.45, 2.75) is 0 Å². The van der Waals surface area contributed by atoms with Gasteiger partial charge in [0.15, 0.2) is 5.13 Å². The molecule has 0 aliphatic carbocycles. The quantitative estimate of drug-likeness (QED) is 0.765. The SMILES string of the molecule is CN(c1ccc(Cl)cc1)c1ccc2nc(N)sc2c1. The number of rotatable bonds is 2. The molecule has 0 saturated heterocycles. The first-order chi connectivity index (χ1) is 9.13. The van der Waals surface area contributed by atoms with Gasteiger partial charge in [-0.1, -0.05) is 22.9 Å². The summed E-state index contributed by atoms with van der Waals surface area (Å²) in [6, 6.07) is 13.9. The number of hydrogen-bond acceptors (Lipinski definition) is 4. The van der Waals surface area contributed by atoms with Crippen molar-refractivity contribution in [2.75, 3.05) is 17.7 Å². The number of anilines is 3. The molecular weight excluding hydrogens is 278 g/mol. The number of thiazole rings is 1. The van der Waals surface area contributed by atoms with Gasteiger partial charge in [-0.2, -0.15) is 0 Å². The molecule has 0 saturated carbocycles. The summed E-state index contributed by atoms with van der Waals surface area (Å²) < 4.78 is 1.09. The van der Waals surface area contributed by atoms with E-state index in [2.05, 4.69) is 16.0 Å². The fourth-order valence-corrected chi connectivity index (χ4v) is 2.85. The van der Waals surface area contributed by atoms with Gasteiger partial charge in [-0.3, -0.25) is 0 Å². The van der Waals surface area contributed by atoms with Crippen LogP contribution in [0.5, 0.6) is 0 Å². The minimum absolute atomic E-state index is 0.598. The average molecular weight is 290 g/mol. The number of hydrogen-bond donors (Lipinski definition) is 1. The number of nitrogen functional groups attached to an aromatic ring is 1. The van der Waals surface area contributed by atoms with E-state index in [1.807, 2.05) is 43.4 Å². The Morgan fingerprint density at radius 1 is 1.11 bits per heavy atom. The maximum atomic E-state index is 5.90. The summed E-state index contributed by atoms with van der Waals surface area (Å²) in [6.45, 7) is 0. The lowest BCUT2D eigenvalue weighted by atomic mass is 10.2. The van der Waals surface area contributed by atoms with Crippen molar-refractivity contribution >= 4 is 49.7 Å². The van der Waals surface area contributed by atoms with E-state index in [0.29, 0.717) is 5.13 Å². The second-order valence-electron chi connectivity index (χ2n) is 4.24. The Kier molecular flexibility index (Phi) is 3.05. The van der Waals surface area contributed by atoms with E-state index in [1.54, 1.807) is 0 Å². The number of benzene rings is 2. The van der Waals surface area contributed by atoms with Gasteiger partial charge >= 0.3 is 0 Å². The van der Waals surface area contributed by atoms with Gasteiger partial charge in [-0.25, -0.2) is 4.98 Å². The first-order valence-corrected chi connectivity index (χ1v) is 6.98. The highest BCUT2D eigenvalue weighted by Crippen LogP contribution is 2.31. The highest BCUT2D eigenvalue weighted by atomic mass is 35.5. The van der Waals surface area contributed by atoms with Crippen LogP contribution in [0.3, 0.4) is 0 Å². The van der Waals surface area contributed by atoms with Crippen molar-refractivity contribution < 1.29 is 0 Å². The van der Waals surface area contributed by atoms with Crippen molar-refractivity contribution in [3.8, 4) is 0 Å². The molecule has 0 amide bonds. The molecule has 3 rings (SSSR count). The van der Waals surface area contributed by atoms with E-state index in [1.165, 1.54) is 11.3 Å². The van der Waals surface area contributed by atoms with E-state index in [4.69, 9.17) is 17.3 Å². The van der Waals surface area contributed by atoms with Crippen molar-refractivity contribution in [1.29, 1.82) is 0 Å². The van der Waals surface area contributed by atoms with Crippen LogP contribution in [0.4, 0.5) is 16.5 Å². The molecule has 19 heavy (non-hydrogen) atoms. The molecule has 0 aliphatic heterocycles. The zero-order valence-corrected chi connectivity index (χ0v) is 11.9. The Hall–Kier alpha value is -1.78. The van der Waals surface area contributed by atoms with Gasteiger partial charge in [0.05, 0.1) is 10.2 Å². The van der Waals surface area contributed by atoms with Crippen LogP contribution >= 0.6 is 22.9 Å². The molecular formula is C14H12ClN3S. The van der Waals surface area contributed by atoms with Crippen LogP contribution in [0.15, 0.2) is 42.5 Å². The van der Waals surface area contributed by atoms with Crippen molar-refractivity contribution in [3.63, 3.8) is 0 Å². The molecule has 0 radical (unpaired) electrons. The predicted molar refractivity (Wildman–Crippen MR) is 83.5 cm³/mol. The summed E-state index contributed by atoms with van der Waals surface area (Å²) in [7, 11) is 2.02. The fourth-order valence-electron chi connectivity index (χ4n) is 1.95. The summed E-state index contributed by atoms with van der Waals surface area (Å²) in [6.07, 6.45) is 0. The molecule has 3 nitrogen and oxygen atoms in total. The molecule has 0 spiro atoms. The van der Waals surface area contributed by atoms with E-state index in [0.717, 1.165) is 26.6 Å². The second kappa shape index (κ2) is 4.72. The third kappa shape index (κ3) is 2.37. The number of halogens is 1. The number of aromatic nitrogens is 1. The Balaban J connectivity index is 2.00. The summed E-state index contributed by atoms with van der Waals surface area (Å²) >= 11 is 7.40. The number of nitrogens with two attached hydrogens (primary N) is 1. The third-order valence-corrected chi connectivity index (χ3v) is 4.09. The second-order valence-corrected chi connectivity index (χ2v) is 5.74. The monoisotopic (exact) mass is 289 g/mol. The van der Waals surface area contributed by atoms with Gasteiger partial charge in [0.25, 0.3) is 0 Å². The first-order valence-electron chi connectivity index (χ1n) is 5.79. The molecule has 5 heteroatoms. The maximum Gasteiger partial charge on any atom is 0.181 e. The van der Waals surface area contributed by atoms with E-state index in [-0.39, 0.29) is 0 Å². The van der Waals surface area contributed by atoms with Gasteiger partial charge in [-0.15, -0.1) is 0 Å². The van der Waals surface area contributed by atoms with E-state index < -0.39 is 0 Å². The molecule has 1 heterocycles. The van der Waals surface area contributed by atoms with Crippen LogP contribution in [0.1, 0.15) is 0 Å². The Bertz CT molecular complexity index is 721. The lowest BCUT2D eigenvalue weighted by Crippen LogP contribution is -2.08. The zero-order valence-electron chi connectivity index (χ0n) is 10.3. The summed E-state index contributed by atoms with van der Waals surface area (Å²) in [5, 5.41) is 1.34. The first kappa shape index (κ1) is 12.3. The van der Waals surface area contributed by atoms with Crippen LogP contribution in [-0.2, 0) is 0 Å². The lowest BCUT2D eigenvalue weighted by Gasteiger charge is -2.19. The molecule has 96 valence electrons. The summed E-state index contributed by atoms with van der Waals surface area (Å²) in [5.74, 6) is 0. The molecule has 3 aromatic rings. The predicted octanol–water partition coefficient (Wildman–Crippen LogP) is 4.30. The van der Waals surface area contributed by atoms with Crippen LogP contribution in [0.25, 0.3) is 10.2 Å². The highest BCUT2D eigenvalue weighted by Gasteiger charge is 2.07. The number of fused-ring (bicyclic) bond motifs is 1. The molecule has 2 N–H and O–H groups in total. The fraction of sp³-hybridized carbons (Fsp3) is 0.0714. The Morgan fingerprint density at radius 2 is 1.79 bits per heavy atom. The van der Waals surface area contributed by atoms with Gasteiger partial charge in [0.1, 0.15) is 0 Å². The van der Waals surface area contributed by atoms with Gasteiger partial charge in [0, 0.05) is 23.4 Å². The molecule has 0 atom stereocenters. The van der Waals surface area contributed by atoms with Crippen molar-refractivity contribution in [2.24, 2.45) is 0 Å². The molecule has 1 aromatic heterocycles. The van der Waals surface area contributed by atoms with Crippen LogP contribution in [0, 0.1) is 0 Å². The summed E-state index contributed by atoms with van der Waals surface area (Å²) in [5.41, 5.74) is 8.84. The minimum atomic E-state index is 0.598. The smallest absolute Gasteiger partial charge is 0.181 e. The normalized spacial score (nSPS) is 10.8. The van der Waals surface area contributed by atoms with Crippen LogP contribution < -0.4 is 10.6 Å². The van der Waals surface area contributed by atoms with E-state index in [9.17, 15) is 0 Å². The lowest BCUT2D eigenvalue weighted by molar-refractivity contribution is 1.21. The molecule has 0 fully saturated rings. The van der Waals surface area contributed by atoms with Crippen molar-refractivity contribution in [1.82, 2.24) is 4.98 Å². The van der Waals surface area contributed by atoms with Gasteiger partial charge in [-0.05, 0) is 42.5 Å². The van der Waals surface area contributed by atoms with Gasteiger partial charge < -0.3 is 10.6 Å².